The Kier molecular flexibility index (Phi) is 4.90. The molecule has 5 nitrogen and oxygen atoms in total. The molecular weight excluding hydrogens is 314 g/mol. The van der Waals surface area contributed by atoms with E-state index < -0.39 is 11.9 Å². The fourth-order valence-corrected chi connectivity index (χ4v) is 3.12. The molecule has 0 unspecified atom stereocenters. The highest BCUT2D eigenvalue weighted by Crippen LogP contribution is 2.32. The number of thioether (sulfide) groups is 1. The molecule has 2 atom stereocenters. The highest BCUT2D eigenvalue weighted by molar-refractivity contribution is 8.13. The lowest BCUT2D eigenvalue weighted by Crippen LogP contribution is -2.58. The summed E-state index contributed by atoms with van der Waals surface area (Å²) in [4.78, 5) is 36.4. The van der Waals surface area contributed by atoms with Crippen LogP contribution in [0.3, 0.4) is 0 Å². The van der Waals surface area contributed by atoms with Gasteiger partial charge in [0, 0.05) is 22.3 Å². The number of hydrogen-bond donors (Lipinski definition) is 1. The van der Waals surface area contributed by atoms with Crippen molar-refractivity contribution in [3.05, 3.63) is 29.3 Å². The van der Waals surface area contributed by atoms with Crippen LogP contribution in [-0.4, -0.2) is 39.6 Å². The first-order valence-electron chi connectivity index (χ1n) is 6.37. The molecule has 1 aliphatic heterocycles. The van der Waals surface area contributed by atoms with Gasteiger partial charge in [0.1, 0.15) is 6.54 Å². The van der Waals surface area contributed by atoms with Crippen molar-refractivity contribution in [1.82, 2.24) is 4.90 Å². The maximum Gasteiger partial charge on any atom is 0.323 e. The van der Waals surface area contributed by atoms with E-state index in [9.17, 15) is 14.4 Å². The summed E-state index contributed by atoms with van der Waals surface area (Å²) in [5.74, 6) is -1.71. The number of rotatable bonds is 5. The second kappa shape index (κ2) is 6.49. The van der Waals surface area contributed by atoms with Gasteiger partial charge >= 0.3 is 5.97 Å². The van der Waals surface area contributed by atoms with Crippen molar-refractivity contribution in [2.45, 2.75) is 24.3 Å². The van der Waals surface area contributed by atoms with Gasteiger partial charge in [-0.3, -0.25) is 14.4 Å². The molecule has 1 aromatic rings. The average Bonchev–Trinajstić information content (AvgIpc) is 2.44. The molecule has 1 N–H and O–H groups in total. The van der Waals surface area contributed by atoms with Gasteiger partial charge in [-0.1, -0.05) is 30.3 Å². The standard InChI is InChI=1S/C14H14ClNO4S/c1-8(11-6-12(17)16(11)7-13(18)19)14(20)21-10-4-2-9(15)3-5-10/h2-5,8,11H,6-7H2,1H3,(H,18,19)/t8-,11+/m1/s1. The first-order chi connectivity index (χ1) is 9.88. The maximum absolute atomic E-state index is 12.2. The normalized spacial score (nSPS) is 19.0. The van der Waals surface area contributed by atoms with Gasteiger partial charge in [0.25, 0.3) is 0 Å². The Bertz CT molecular complexity index is 575. The predicted molar refractivity (Wildman–Crippen MR) is 79.2 cm³/mol. The molecule has 112 valence electrons. The summed E-state index contributed by atoms with van der Waals surface area (Å²) in [5, 5.41) is 9.27. The van der Waals surface area contributed by atoms with Crippen LogP contribution in [0.5, 0.6) is 0 Å². The first kappa shape index (κ1) is 15.9. The van der Waals surface area contributed by atoms with E-state index in [1.54, 1.807) is 31.2 Å². The van der Waals surface area contributed by atoms with Crippen molar-refractivity contribution < 1.29 is 19.5 Å². The number of hydrogen-bond acceptors (Lipinski definition) is 4. The molecule has 21 heavy (non-hydrogen) atoms. The third-order valence-electron chi connectivity index (χ3n) is 3.39. The molecule has 1 aliphatic rings. The first-order valence-corrected chi connectivity index (χ1v) is 7.56. The number of β-lactam (4-membered cyclic amide) rings is 1. The lowest BCUT2D eigenvalue weighted by atomic mass is 9.90. The number of carbonyl (C=O) groups is 3. The molecule has 1 fully saturated rings. The summed E-state index contributed by atoms with van der Waals surface area (Å²) < 4.78 is 0. The number of carboxylic acid groups (broad SMARTS) is 1. The minimum atomic E-state index is -1.07. The van der Waals surface area contributed by atoms with Crippen LogP contribution in [0.2, 0.25) is 5.02 Å². The number of aliphatic carboxylic acids is 1. The predicted octanol–water partition coefficient (Wildman–Crippen LogP) is 2.28. The summed E-state index contributed by atoms with van der Waals surface area (Å²) >= 11 is 6.86. The van der Waals surface area contributed by atoms with E-state index in [0.29, 0.717) is 5.02 Å². The quantitative estimate of drug-likeness (QED) is 0.663. The van der Waals surface area contributed by atoms with Gasteiger partial charge < -0.3 is 10.0 Å². The SMILES string of the molecule is C[C@@H](C(=O)Sc1ccc(Cl)cc1)[C@@H]1CC(=O)N1CC(=O)O. The van der Waals surface area contributed by atoms with Crippen molar-refractivity contribution in [2.24, 2.45) is 5.92 Å². The molecule has 1 heterocycles. The number of halogens is 1. The van der Waals surface area contributed by atoms with E-state index >= 15 is 0 Å². The van der Waals surface area contributed by atoms with Crippen molar-refractivity contribution in [2.75, 3.05) is 6.54 Å². The van der Waals surface area contributed by atoms with Gasteiger partial charge in [0.15, 0.2) is 5.12 Å². The number of carboxylic acids is 1. The third-order valence-corrected chi connectivity index (χ3v) is 4.72. The largest absolute Gasteiger partial charge is 0.480 e. The second-order valence-corrected chi connectivity index (χ2v) is 6.36. The Morgan fingerprint density at radius 2 is 2.05 bits per heavy atom. The minimum Gasteiger partial charge on any atom is -0.480 e. The molecule has 2 rings (SSSR count). The zero-order valence-electron chi connectivity index (χ0n) is 11.3. The van der Waals surface area contributed by atoms with Gasteiger partial charge in [0.2, 0.25) is 5.91 Å². The van der Waals surface area contributed by atoms with E-state index in [0.717, 1.165) is 16.7 Å². The number of amides is 1. The molecular formula is C14H14ClNO4S. The van der Waals surface area contributed by atoms with Crippen LogP contribution in [0.1, 0.15) is 13.3 Å². The van der Waals surface area contributed by atoms with Crippen LogP contribution in [0, 0.1) is 5.92 Å². The van der Waals surface area contributed by atoms with E-state index in [4.69, 9.17) is 16.7 Å². The van der Waals surface area contributed by atoms with Gasteiger partial charge in [-0.25, -0.2) is 0 Å². The molecule has 0 bridgehead atoms. The maximum atomic E-state index is 12.2. The lowest BCUT2D eigenvalue weighted by molar-refractivity contribution is -0.157. The highest BCUT2D eigenvalue weighted by atomic mass is 35.5. The van der Waals surface area contributed by atoms with Crippen molar-refractivity contribution >= 4 is 40.4 Å². The van der Waals surface area contributed by atoms with Crippen molar-refractivity contribution in [3.8, 4) is 0 Å². The highest BCUT2D eigenvalue weighted by Gasteiger charge is 2.42. The van der Waals surface area contributed by atoms with E-state index in [1.807, 2.05) is 0 Å². The fourth-order valence-electron chi connectivity index (χ4n) is 2.15. The van der Waals surface area contributed by atoms with Gasteiger partial charge in [-0.05, 0) is 24.3 Å². The van der Waals surface area contributed by atoms with Gasteiger partial charge in [-0.15, -0.1) is 0 Å². The number of likely N-dealkylation sites (tertiary alicyclic amines) is 1. The van der Waals surface area contributed by atoms with Crippen LogP contribution < -0.4 is 0 Å². The van der Waals surface area contributed by atoms with Crippen molar-refractivity contribution in [3.63, 3.8) is 0 Å². The van der Waals surface area contributed by atoms with Crippen LogP contribution in [0.4, 0.5) is 0 Å². The molecule has 0 spiro atoms. The molecule has 0 aliphatic carbocycles. The van der Waals surface area contributed by atoms with Gasteiger partial charge in [-0.2, -0.15) is 0 Å². The average molecular weight is 328 g/mol. The zero-order valence-corrected chi connectivity index (χ0v) is 12.9. The number of carbonyl (C=O) groups excluding carboxylic acids is 2. The monoisotopic (exact) mass is 327 g/mol. The Hall–Kier alpha value is -1.53. The van der Waals surface area contributed by atoms with E-state index in [-0.39, 0.29) is 30.0 Å². The summed E-state index contributed by atoms with van der Waals surface area (Å²) in [5.41, 5.74) is 0. The third kappa shape index (κ3) is 3.77. The molecule has 1 saturated heterocycles. The molecule has 0 saturated carbocycles. The van der Waals surface area contributed by atoms with Gasteiger partial charge in [0.05, 0.1) is 6.04 Å². The fraction of sp³-hybridized carbons (Fsp3) is 0.357. The van der Waals surface area contributed by atoms with E-state index in [2.05, 4.69) is 0 Å². The molecule has 1 amide bonds. The Morgan fingerprint density at radius 1 is 1.43 bits per heavy atom. The smallest absolute Gasteiger partial charge is 0.323 e. The minimum absolute atomic E-state index is 0.0924. The molecule has 0 radical (unpaired) electrons. The number of nitrogens with zero attached hydrogens (tertiary/aromatic N) is 1. The van der Waals surface area contributed by atoms with Crippen molar-refractivity contribution in [1.29, 1.82) is 0 Å². The second-order valence-electron chi connectivity index (χ2n) is 4.85. The molecule has 1 aromatic carbocycles. The molecule has 7 heteroatoms. The summed E-state index contributed by atoms with van der Waals surface area (Å²) in [6.45, 7) is 1.37. The lowest BCUT2D eigenvalue weighted by Gasteiger charge is -2.42. The Labute approximate surface area is 131 Å². The Balaban J connectivity index is 1.97. The van der Waals surface area contributed by atoms with Crippen LogP contribution >= 0.6 is 23.4 Å². The van der Waals surface area contributed by atoms with Crippen LogP contribution in [0.15, 0.2) is 29.2 Å². The zero-order chi connectivity index (χ0) is 15.6. The Morgan fingerprint density at radius 3 is 2.57 bits per heavy atom. The topological polar surface area (TPSA) is 74.7 Å². The molecule has 0 aromatic heterocycles. The summed E-state index contributed by atoms with van der Waals surface area (Å²) in [6, 6.07) is 6.56. The van der Waals surface area contributed by atoms with Crippen LogP contribution in [0.25, 0.3) is 0 Å². The van der Waals surface area contributed by atoms with Crippen LogP contribution in [-0.2, 0) is 14.4 Å². The summed E-state index contributed by atoms with van der Waals surface area (Å²) in [7, 11) is 0. The number of benzene rings is 1. The summed E-state index contributed by atoms with van der Waals surface area (Å²) in [6.07, 6.45) is 0.224. The van der Waals surface area contributed by atoms with E-state index in [1.165, 1.54) is 4.90 Å².